The first-order chi connectivity index (χ1) is 19.9. The Kier molecular flexibility index (Phi) is 6.24. The number of phenolic OH excluding ortho intramolecular Hbond substituents is 8. The van der Waals surface area contributed by atoms with Crippen LogP contribution in [0.5, 0.6) is 57.5 Å². The van der Waals surface area contributed by atoms with Crippen LogP contribution in [0.4, 0.5) is 0 Å². The average molecular weight is 579 g/mol. The zero-order chi connectivity index (χ0) is 30.0. The molecule has 42 heavy (non-hydrogen) atoms. The zero-order valence-corrected chi connectivity index (χ0v) is 21.6. The number of fused-ring (bicyclic) bond motifs is 2. The second kappa shape index (κ2) is 9.72. The molecule has 4 aromatic carbocycles. The Hall–Kier alpha value is -5.20. The molecule has 0 radical (unpaired) electrons. The van der Waals surface area contributed by atoms with Crippen molar-refractivity contribution in [3.05, 3.63) is 82.4 Å². The molecule has 5 atom stereocenters. The van der Waals surface area contributed by atoms with Crippen LogP contribution in [-0.2, 0) is 6.42 Å². The summed E-state index contributed by atoms with van der Waals surface area (Å²) >= 11 is 0. The predicted molar refractivity (Wildman–Crippen MR) is 143 cm³/mol. The van der Waals surface area contributed by atoms with Crippen LogP contribution < -0.4 is 9.47 Å². The molecule has 2 aliphatic rings. The first kappa shape index (κ1) is 27.0. The lowest BCUT2D eigenvalue weighted by atomic mass is 9.77. The fourth-order valence-corrected chi connectivity index (χ4v) is 5.71. The number of hydrogen-bond acceptors (Lipinski definition) is 12. The van der Waals surface area contributed by atoms with Gasteiger partial charge < -0.3 is 60.5 Å². The van der Waals surface area contributed by atoms with Crippen LogP contribution in [0.1, 0.15) is 45.9 Å². The second-order valence-corrected chi connectivity index (χ2v) is 10.3. The van der Waals surface area contributed by atoms with Gasteiger partial charge in [-0.15, -0.1) is 0 Å². The van der Waals surface area contributed by atoms with Crippen LogP contribution in [0.3, 0.4) is 0 Å². The van der Waals surface area contributed by atoms with Crippen molar-refractivity contribution in [2.75, 3.05) is 0 Å². The predicted octanol–water partition coefficient (Wildman–Crippen LogP) is 3.00. The van der Waals surface area contributed by atoms with Gasteiger partial charge in [0.15, 0.2) is 29.1 Å². The van der Waals surface area contributed by atoms with Crippen LogP contribution >= 0.6 is 0 Å². The molecule has 0 fully saturated rings. The van der Waals surface area contributed by atoms with Crippen LogP contribution in [0.15, 0.2) is 54.6 Å². The summed E-state index contributed by atoms with van der Waals surface area (Å²) in [5.41, 5.74) is 0.435. The fraction of sp³-hybridized carbons (Fsp3) is 0.200. The molecule has 12 heteroatoms. The Morgan fingerprint density at radius 2 is 1.14 bits per heavy atom. The van der Waals surface area contributed by atoms with E-state index in [9.17, 15) is 51.1 Å². The van der Waals surface area contributed by atoms with Crippen LogP contribution in [0.2, 0.25) is 0 Å². The number of ether oxygens (including phenoxy) is 2. The lowest BCUT2D eigenvalue weighted by Crippen LogP contribution is -2.36. The summed E-state index contributed by atoms with van der Waals surface area (Å²) in [4.78, 5) is 0. The molecule has 0 saturated carbocycles. The smallest absolute Gasteiger partial charge is 0.157 e. The van der Waals surface area contributed by atoms with E-state index >= 15 is 0 Å². The first-order valence-electron chi connectivity index (χ1n) is 12.8. The van der Waals surface area contributed by atoms with Crippen LogP contribution in [0.25, 0.3) is 0 Å². The second-order valence-electron chi connectivity index (χ2n) is 10.3. The van der Waals surface area contributed by atoms with Gasteiger partial charge in [-0.25, -0.2) is 0 Å². The van der Waals surface area contributed by atoms with E-state index in [2.05, 4.69) is 0 Å². The number of rotatable bonds is 3. The third-order valence-corrected chi connectivity index (χ3v) is 7.67. The third kappa shape index (κ3) is 4.24. The van der Waals surface area contributed by atoms with Gasteiger partial charge in [0.25, 0.3) is 0 Å². The fourth-order valence-electron chi connectivity index (χ4n) is 5.71. The quantitative estimate of drug-likeness (QED) is 0.159. The Morgan fingerprint density at radius 3 is 1.76 bits per heavy atom. The molecule has 10 N–H and O–H groups in total. The summed E-state index contributed by atoms with van der Waals surface area (Å²) in [5.74, 6) is -5.08. The molecule has 12 nitrogen and oxygen atoms in total. The van der Waals surface area contributed by atoms with Crippen LogP contribution in [0, 0.1) is 0 Å². The highest BCUT2D eigenvalue weighted by Crippen LogP contribution is 2.57. The van der Waals surface area contributed by atoms with Crippen molar-refractivity contribution in [2.45, 2.75) is 36.8 Å². The SMILES string of the molecule is Oc1cc(O)c2c(c1)O[C@@H](c1ccc(O)c(O)c1)[C@@H](O)C2c1c(O)cc(O)c2c1O[C@@H](c1ccc(O)c(O)c1)[C@@H](O)C2. The van der Waals surface area contributed by atoms with E-state index in [1.807, 2.05) is 0 Å². The van der Waals surface area contributed by atoms with Crippen molar-refractivity contribution in [1.82, 2.24) is 0 Å². The highest BCUT2D eigenvalue weighted by Gasteiger charge is 2.46. The highest BCUT2D eigenvalue weighted by atomic mass is 16.5. The van der Waals surface area contributed by atoms with E-state index in [0.717, 1.165) is 12.1 Å². The summed E-state index contributed by atoms with van der Waals surface area (Å²) in [5, 5.41) is 105. The summed E-state index contributed by atoms with van der Waals surface area (Å²) in [7, 11) is 0. The van der Waals surface area contributed by atoms with Crippen molar-refractivity contribution >= 4 is 0 Å². The van der Waals surface area contributed by atoms with Gasteiger partial charge in [-0.05, 0) is 35.4 Å². The standard InChI is InChI=1S/C30H26O12/c31-13-7-20(37)24-23(8-13)41-29(12-2-4-16(33)19(36)6-12)27(40)26(24)25-21(38)10-17(34)14-9-22(39)28(42-30(14)25)11-1-3-15(32)18(35)5-11/h1-8,10,22,26-29,31-40H,9H2/t22-,26?,27-,28-,29-/m0/s1. The van der Waals surface area contributed by atoms with Crippen molar-refractivity contribution < 1.29 is 60.5 Å². The molecule has 6 rings (SSSR count). The largest absolute Gasteiger partial charge is 0.508 e. The molecular formula is C30H26O12. The number of benzene rings is 4. The first-order valence-corrected chi connectivity index (χ1v) is 12.8. The van der Waals surface area contributed by atoms with Crippen molar-refractivity contribution in [1.29, 1.82) is 0 Å². The van der Waals surface area contributed by atoms with Gasteiger partial charge in [-0.2, -0.15) is 0 Å². The van der Waals surface area contributed by atoms with Gasteiger partial charge in [0.1, 0.15) is 46.7 Å². The molecule has 2 aliphatic heterocycles. The molecule has 218 valence electrons. The monoisotopic (exact) mass is 578 g/mol. The maximum absolute atomic E-state index is 11.8. The molecule has 0 bridgehead atoms. The Balaban J connectivity index is 1.55. The van der Waals surface area contributed by atoms with Crippen molar-refractivity contribution in [3.63, 3.8) is 0 Å². The van der Waals surface area contributed by atoms with Crippen molar-refractivity contribution in [2.24, 2.45) is 0 Å². The van der Waals surface area contributed by atoms with Crippen LogP contribution in [-0.4, -0.2) is 63.3 Å². The van der Waals surface area contributed by atoms with Crippen molar-refractivity contribution in [3.8, 4) is 57.5 Å². The molecule has 1 unspecified atom stereocenters. The van der Waals surface area contributed by atoms with E-state index < -0.39 is 70.6 Å². The van der Waals surface area contributed by atoms with Gasteiger partial charge in [-0.1, -0.05) is 12.1 Å². The van der Waals surface area contributed by atoms with E-state index in [4.69, 9.17) is 9.47 Å². The molecule has 0 saturated heterocycles. The summed E-state index contributed by atoms with van der Waals surface area (Å²) in [6.45, 7) is 0. The van der Waals surface area contributed by atoms with E-state index in [1.165, 1.54) is 42.5 Å². The van der Waals surface area contributed by atoms with E-state index in [1.54, 1.807) is 0 Å². The maximum Gasteiger partial charge on any atom is 0.157 e. The number of aromatic hydroxyl groups is 8. The number of aliphatic hydroxyl groups is 2. The molecular weight excluding hydrogens is 552 g/mol. The summed E-state index contributed by atoms with van der Waals surface area (Å²) in [6.07, 6.45) is -5.43. The third-order valence-electron chi connectivity index (χ3n) is 7.67. The number of hydrogen-bond donors (Lipinski definition) is 10. The Labute approximate surface area is 237 Å². The minimum Gasteiger partial charge on any atom is -0.508 e. The number of aliphatic hydroxyl groups excluding tert-OH is 2. The maximum atomic E-state index is 11.8. The molecule has 0 aromatic heterocycles. The van der Waals surface area contributed by atoms with Gasteiger partial charge in [0, 0.05) is 41.3 Å². The van der Waals surface area contributed by atoms with Gasteiger partial charge >= 0.3 is 0 Å². The highest BCUT2D eigenvalue weighted by molar-refractivity contribution is 5.65. The molecule has 0 amide bonds. The lowest BCUT2D eigenvalue weighted by molar-refractivity contribution is 0.00115. The van der Waals surface area contributed by atoms with E-state index in [0.29, 0.717) is 0 Å². The zero-order valence-electron chi connectivity index (χ0n) is 21.6. The number of phenols is 8. The minimum atomic E-state index is -1.59. The summed E-state index contributed by atoms with van der Waals surface area (Å²) < 4.78 is 12.1. The molecule has 4 aromatic rings. The molecule has 0 spiro atoms. The average Bonchev–Trinajstić information content (AvgIpc) is 2.93. The Morgan fingerprint density at radius 1 is 0.548 bits per heavy atom. The minimum absolute atomic E-state index is 0.0312. The van der Waals surface area contributed by atoms with E-state index in [-0.39, 0.29) is 51.5 Å². The van der Waals surface area contributed by atoms with Gasteiger partial charge in [0.2, 0.25) is 0 Å². The Bertz CT molecular complexity index is 1720. The lowest BCUT2D eigenvalue weighted by Gasteiger charge is -2.40. The van der Waals surface area contributed by atoms with Gasteiger partial charge in [0.05, 0.1) is 12.0 Å². The molecule has 0 aliphatic carbocycles. The summed E-state index contributed by atoms with van der Waals surface area (Å²) in [6, 6.07) is 10.8. The molecule has 2 heterocycles. The normalized spacial score (nSPS) is 22.9. The van der Waals surface area contributed by atoms with Gasteiger partial charge in [-0.3, -0.25) is 0 Å². The topological polar surface area (TPSA) is 221 Å².